The van der Waals surface area contributed by atoms with E-state index in [1.54, 1.807) is 0 Å². The second-order valence-electron chi connectivity index (χ2n) is 34.6. The van der Waals surface area contributed by atoms with Gasteiger partial charge in [-0.05, 0) is 230 Å². The van der Waals surface area contributed by atoms with Crippen LogP contribution in [0.3, 0.4) is 0 Å². The molecule has 0 radical (unpaired) electrons. The Labute approximate surface area is 529 Å². The first-order chi connectivity index (χ1) is 37.7. The van der Waals surface area contributed by atoms with Crippen LogP contribution < -0.4 is 0 Å². The summed E-state index contributed by atoms with van der Waals surface area (Å²) in [6.07, 6.45) is 20.1. The highest BCUT2D eigenvalue weighted by atomic mass is 28.4. The zero-order valence-corrected chi connectivity index (χ0v) is 67.5. The topological polar surface area (TPSA) is 32.4 Å². The Bertz CT molecular complexity index is 1450. The molecule has 0 aromatic carbocycles. The number of likely N-dealkylation sites (tertiary alicyclic amines) is 2. The van der Waals surface area contributed by atoms with Crippen molar-refractivity contribution in [2.24, 2.45) is 0 Å². The van der Waals surface area contributed by atoms with Crippen LogP contribution in [0.2, 0.25) is 78.6 Å². The van der Waals surface area contributed by atoms with Crippen LogP contribution >= 0.6 is 0 Å². The Morgan fingerprint density at radius 1 is 0.313 bits per heavy atom. The van der Waals surface area contributed by atoms with Crippen LogP contribution in [-0.4, -0.2) is 212 Å². The highest BCUT2D eigenvalue weighted by molar-refractivity contribution is 6.91. The zero-order chi connectivity index (χ0) is 64.8. The summed E-state index contributed by atoms with van der Waals surface area (Å²) in [5.74, 6) is 0. The number of nitrogens with zero attached hydrogens (tertiary/aromatic N) is 10. The van der Waals surface area contributed by atoms with E-state index >= 15 is 0 Å². The van der Waals surface area contributed by atoms with Gasteiger partial charge in [0.1, 0.15) is 32.9 Å². The molecule has 14 heteroatoms. The van der Waals surface area contributed by atoms with E-state index in [1.165, 1.54) is 136 Å². The van der Waals surface area contributed by atoms with Crippen LogP contribution in [0.25, 0.3) is 0 Å². The third-order valence-corrected chi connectivity index (χ3v) is 33.4. The fraction of sp³-hybridized carbons (Fsp3) is 1.00. The van der Waals surface area contributed by atoms with Gasteiger partial charge in [0.25, 0.3) is 0 Å². The molecule has 0 atom stereocenters. The van der Waals surface area contributed by atoms with Crippen molar-refractivity contribution in [2.75, 3.05) is 59.5 Å². The van der Waals surface area contributed by atoms with Crippen molar-refractivity contribution in [3.8, 4) is 0 Å². The molecular formula is C69H158N10Si4. The molecule has 2 saturated heterocycles. The molecule has 4 rings (SSSR count). The van der Waals surface area contributed by atoms with Gasteiger partial charge in [0.05, 0.1) is 26.7 Å². The maximum absolute atomic E-state index is 2.94. The van der Waals surface area contributed by atoms with Gasteiger partial charge in [-0.15, -0.1) is 0 Å². The lowest BCUT2D eigenvalue weighted by Crippen LogP contribution is -2.69. The first-order valence-corrected chi connectivity index (χ1v) is 49.0. The van der Waals surface area contributed by atoms with Crippen molar-refractivity contribution in [1.82, 2.24) is 47.7 Å². The van der Waals surface area contributed by atoms with Gasteiger partial charge in [-0.3, -0.25) is 39.2 Å². The van der Waals surface area contributed by atoms with Crippen LogP contribution in [-0.2, 0) is 0 Å². The van der Waals surface area contributed by atoms with E-state index < -0.39 is 32.9 Å². The lowest BCUT2D eigenvalue weighted by atomic mass is 9.92. The predicted octanol–water partition coefficient (Wildman–Crippen LogP) is 18.2. The van der Waals surface area contributed by atoms with Crippen LogP contribution in [0, 0.1) is 0 Å². The minimum absolute atomic E-state index is 0.215. The fourth-order valence-electron chi connectivity index (χ4n) is 14.0. The first kappa shape index (κ1) is 83.5. The molecule has 0 aromatic heterocycles. The highest BCUT2D eigenvalue weighted by Gasteiger charge is 2.42. The van der Waals surface area contributed by atoms with Gasteiger partial charge in [-0.25, -0.2) is 0 Å². The average Bonchev–Trinajstić information content (AvgIpc) is 4.10. The first-order valence-electron chi connectivity index (χ1n) is 35.2. The summed E-state index contributed by atoms with van der Waals surface area (Å²) >= 11 is 0. The van der Waals surface area contributed by atoms with E-state index in [4.69, 9.17) is 0 Å². The lowest BCUT2D eigenvalue weighted by Gasteiger charge is -2.52. The van der Waals surface area contributed by atoms with Crippen LogP contribution in [0.15, 0.2) is 0 Å². The van der Waals surface area contributed by atoms with Gasteiger partial charge >= 0.3 is 0 Å². The molecule has 0 aromatic rings. The van der Waals surface area contributed by atoms with Crippen molar-refractivity contribution in [3.63, 3.8) is 0 Å². The standard InChI is InChI=1S/C19H38N2.C15H34N2.C13H38N2Si4.C13H30N2.C9H18N2/c1-16(2)20(18-11-7-5-8-12-18)15-21(17(3)4)19-13-9-6-10-14-19;1-12(2)16(14(5,6)7)11-17(13(3)4)15(8,9)10;1-16(2,3)14(17(4,5)6)13-15(18(7,8)9)19(10,11)12;1-10(2)14(11(3)4)9-15(12(5)6)13(7)8;1-2-6-10(5-1)9-11-7-3-4-8-11/h16-19H,5-15H2,1-4H3;12-13H,11H2,1-10H3;13H2,1-12H3;10-13H,9H2,1-8H3;1-9H2. The molecule has 2 aliphatic heterocycles. The Balaban J connectivity index is 0.00000103. The van der Waals surface area contributed by atoms with Crippen molar-refractivity contribution in [1.29, 1.82) is 0 Å². The van der Waals surface area contributed by atoms with E-state index in [0.29, 0.717) is 48.3 Å². The quantitative estimate of drug-likeness (QED) is 0.0688. The molecule has 2 aliphatic carbocycles. The molecule has 0 unspecified atom stereocenters. The Morgan fingerprint density at radius 2 is 0.566 bits per heavy atom. The number of hydrogen-bond donors (Lipinski definition) is 0. The summed E-state index contributed by atoms with van der Waals surface area (Å²) in [5, 5.41) is 0. The van der Waals surface area contributed by atoms with Gasteiger partial charge in [0.2, 0.25) is 0 Å². The van der Waals surface area contributed by atoms with Crippen LogP contribution in [0.4, 0.5) is 0 Å². The van der Waals surface area contributed by atoms with E-state index in [-0.39, 0.29) is 11.1 Å². The molecule has 2 saturated carbocycles. The minimum atomic E-state index is -1.24. The molecule has 2 heterocycles. The molecule has 500 valence electrons. The summed E-state index contributed by atoms with van der Waals surface area (Å²) in [6, 6.07) is 6.63. The van der Waals surface area contributed by atoms with Gasteiger partial charge in [0, 0.05) is 78.2 Å². The number of hydrogen-bond acceptors (Lipinski definition) is 10. The zero-order valence-electron chi connectivity index (χ0n) is 63.5. The summed E-state index contributed by atoms with van der Waals surface area (Å²) in [4.78, 5) is 21.0. The molecular weight excluding hydrogens is 1080 g/mol. The Kier molecular flexibility index (Phi) is 38.6. The average molecular weight is 1240 g/mol. The fourth-order valence-corrected chi connectivity index (χ4v) is 33.0. The molecule has 4 fully saturated rings. The molecule has 4 aliphatic rings. The van der Waals surface area contributed by atoms with Crippen molar-refractivity contribution < 1.29 is 0 Å². The molecule has 0 bridgehead atoms. The maximum atomic E-state index is 2.94. The third kappa shape index (κ3) is 33.4. The summed E-state index contributed by atoms with van der Waals surface area (Å²) in [5.41, 5.74) is 0.430. The predicted molar refractivity (Wildman–Crippen MR) is 388 cm³/mol. The van der Waals surface area contributed by atoms with E-state index in [1.807, 2.05) is 0 Å². The van der Waals surface area contributed by atoms with E-state index in [2.05, 4.69) is 279 Å². The summed E-state index contributed by atoms with van der Waals surface area (Å²) < 4.78 is 5.88. The van der Waals surface area contributed by atoms with Crippen LogP contribution in [0.5, 0.6) is 0 Å². The van der Waals surface area contributed by atoms with Crippen molar-refractivity contribution in [3.05, 3.63) is 0 Å². The maximum Gasteiger partial charge on any atom is 0.113 e. The summed E-state index contributed by atoms with van der Waals surface area (Å²) in [6.45, 7) is 92.0. The van der Waals surface area contributed by atoms with Gasteiger partial charge in [-0.2, -0.15) is 0 Å². The highest BCUT2D eigenvalue weighted by Crippen LogP contribution is 2.30. The van der Waals surface area contributed by atoms with Gasteiger partial charge in [-0.1, -0.05) is 117 Å². The Morgan fingerprint density at radius 3 is 0.759 bits per heavy atom. The lowest BCUT2D eigenvalue weighted by molar-refractivity contribution is -0.0243. The molecule has 0 amide bonds. The van der Waals surface area contributed by atoms with E-state index in [9.17, 15) is 0 Å². The second-order valence-corrected chi connectivity index (χ2v) is 55.0. The largest absolute Gasteiger partial charge is 0.335 e. The SMILES string of the molecule is C1CCN(CN2CCCC2)C1.CC(C)N(CN(C(C)C)C(C)(C)C)C(C)(C)C.CC(C)N(CN(C(C)C)C(C)C)C(C)C.CC(C)N(CN(C(C)C)C1CCCCC1)C1CCCCC1.C[Si](C)(C)N(CN([Si](C)(C)C)[Si](C)(C)C)[Si](C)(C)C. The molecule has 10 nitrogen and oxygen atoms in total. The molecule has 83 heavy (non-hydrogen) atoms. The van der Waals surface area contributed by atoms with Crippen molar-refractivity contribution in [2.45, 2.75) is 392 Å². The van der Waals surface area contributed by atoms with Gasteiger partial charge < -0.3 is 8.46 Å². The monoisotopic (exact) mass is 1240 g/mol. The third-order valence-electron chi connectivity index (χ3n) is 18.3. The summed E-state index contributed by atoms with van der Waals surface area (Å²) in [7, 11) is -4.98. The van der Waals surface area contributed by atoms with Crippen molar-refractivity contribution >= 4 is 32.9 Å². The molecule has 0 spiro atoms. The molecule has 0 N–H and O–H groups in total. The minimum Gasteiger partial charge on any atom is -0.335 e. The van der Waals surface area contributed by atoms with Crippen LogP contribution in [0.1, 0.15) is 242 Å². The Hall–Kier alpha value is 0.468. The normalized spacial score (nSPS) is 18.4. The van der Waals surface area contributed by atoms with Gasteiger partial charge in [0.15, 0.2) is 0 Å². The smallest absolute Gasteiger partial charge is 0.113 e. The second kappa shape index (κ2) is 38.3. The van der Waals surface area contributed by atoms with E-state index in [0.717, 1.165) is 25.4 Å². The number of rotatable bonds is 24.